The summed E-state index contributed by atoms with van der Waals surface area (Å²) in [7, 11) is 0. The molecule has 0 spiro atoms. The highest BCUT2D eigenvalue weighted by Crippen LogP contribution is 2.28. The Labute approximate surface area is 118 Å². The second kappa shape index (κ2) is 6.33. The first-order valence-corrected chi connectivity index (χ1v) is 7.36. The van der Waals surface area contributed by atoms with Crippen LogP contribution in [0.4, 0.5) is 0 Å². The highest BCUT2D eigenvalue weighted by molar-refractivity contribution is 8.00. The summed E-state index contributed by atoms with van der Waals surface area (Å²) in [6, 6.07) is 5.64. The number of hydrogen-bond donors (Lipinski definition) is 1. The van der Waals surface area contributed by atoms with Crippen LogP contribution in [0.5, 0.6) is 0 Å². The summed E-state index contributed by atoms with van der Waals surface area (Å²) in [5.41, 5.74) is 7.07. The maximum Gasteiger partial charge on any atom is 0.0453 e. The lowest BCUT2D eigenvalue weighted by atomic mass is 10.1. The molecule has 2 N–H and O–H groups in total. The van der Waals surface area contributed by atoms with Crippen molar-refractivity contribution in [3.05, 3.63) is 33.8 Å². The lowest BCUT2D eigenvalue weighted by Crippen LogP contribution is -2.28. The van der Waals surface area contributed by atoms with Gasteiger partial charge >= 0.3 is 0 Å². The molecule has 0 amide bonds. The van der Waals surface area contributed by atoms with Gasteiger partial charge in [0.05, 0.1) is 0 Å². The van der Waals surface area contributed by atoms with Crippen molar-refractivity contribution < 1.29 is 0 Å². The maximum atomic E-state index is 6.12. The molecule has 1 aromatic rings. The third kappa shape index (κ3) is 5.52. The van der Waals surface area contributed by atoms with Crippen LogP contribution in [0.3, 0.4) is 0 Å². The Hall–Kier alpha value is 0.110. The van der Waals surface area contributed by atoms with Gasteiger partial charge in [-0.25, -0.2) is 0 Å². The van der Waals surface area contributed by atoms with Gasteiger partial charge in [-0.05, 0) is 24.1 Å². The van der Waals surface area contributed by atoms with Gasteiger partial charge in [0.15, 0.2) is 0 Å². The lowest BCUT2D eigenvalue weighted by molar-refractivity contribution is 0.734. The Morgan fingerprint density at radius 1 is 1.24 bits per heavy atom. The molecule has 0 radical (unpaired) electrons. The second-order valence-corrected chi connectivity index (χ2v) is 7.75. The van der Waals surface area contributed by atoms with Gasteiger partial charge < -0.3 is 5.73 Å². The molecule has 17 heavy (non-hydrogen) atoms. The summed E-state index contributed by atoms with van der Waals surface area (Å²) in [5.74, 6) is 0.908. The Bertz CT molecular complexity index is 354. The van der Waals surface area contributed by atoms with Crippen LogP contribution >= 0.6 is 35.0 Å². The van der Waals surface area contributed by atoms with Crippen molar-refractivity contribution in [3.8, 4) is 0 Å². The van der Waals surface area contributed by atoms with E-state index in [0.717, 1.165) is 17.7 Å². The minimum Gasteiger partial charge on any atom is -0.327 e. The Morgan fingerprint density at radius 3 is 2.24 bits per heavy atom. The van der Waals surface area contributed by atoms with Crippen LogP contribution in [0, 0.1) is 0 Å². The second-order valence-electron chi connectivity index (χ2n) is 5.09. The number of halogens is 2. The summed E-state index contributed by atoms with van der Waals surface area (Å²) in [5, 5.41) is 1.41. The van der Waals surface area contributed by atoms with E-state index in [-0.39, 0.29) is 10.8 Å². The average Bonchev–Trinajstić information content (AvgIpc) is 2.20. The molecular weight excluding hydrogens is 273 g/mol. The highest BCUT2D eigenvalue weighted by Gasteiger charge is 2.15. The topological polar surface area (TPSA) is 26.0 Å². The molecule has 1 unspecified atom stereocenters. The van der Waals surface area contributed by atoms with Crippen LogP contribution in [0.1, 0.15) is 26.3 Å². The van der Waals surface area contributed by atoms with E-state index in [1.807, 2.05) is 30.0 Å². The Morgan fingerprint density at radius 2 is 1.76 bits per heavy atom. The van der Waals surface area contributed by atoms with Crippen molar-refractivity contribution in [1.29, 1.82) is 0 Å². The van der Waals surface area contributed by atoms with Crippen LogP contribution in [0.2, 0.25) is 10.0 Å². The highest BCUT2D eigenvalue weighted by atomic mass is 35.5. The zero-order chi connectivity index (χ0) is 13.1. The Kier molecular flexibility index (Phi) is 5.65. The van der Waals surface area contributed by atoms with Crippen molar-refractivity contribution in [2.24, 2.45) is 5.73 Å². The number of thioether (sulfide) groups is 1. The van der Waals surface area contributed by atoms with Crippen molar-refractivity contribution >= 4 is 35.0 Å². The largest absolute Gasteiger partial charge is 0.327 e. The molecule has 0 aliphatic carbocycles. The van der Waals surface area contributed by atoms with E-state index < -0.39 is 0 Å². The monoisotopic (exact) mass is 291 g/mol. The SMILES string of the molecule is CC(C)(C)SCC(N)Cc1c(Cl)cccc1Cl. The van der Waals surface area contributed by atoms with Gasteiger partial charge in [0, 0.05) is 26.6 Å². The van der Waals surface area contributed by atoms with E-state index in [4.69, 9.17) is 28.9 Å². The fraction of sp³-hybridized carbons (Fsp3) is 0.538. The first-order chi connectivity index (χ1) is 7.79. The van der Waals surface area contributed by atoms with Crippen molar-refractivity contribution in [1.82, 2.24) is 0 Å². The third-order valence-electron chi connectivity index (χ3n) is 2.26. The quantitative estimate of drug-likeness (QED) is 0.890. The summed E-state index contributed by atoms with van der Waals surface area (Å²) in [6.07, 6.45) is 0.724. The van der Waals surface area contributed by atoms with Gasteiger partial charge in [-0.3, -0.25) is 0 Å². The molecule has 1 rings (SSSR count). The fourth-order valence-corrected chi connectivity index (χ4v) is 2.79. The minimum absolute atomic E-state index is 0.0802. The molecule has 0 saturated carbocycles. The van der Waals surface area contributed by atoms with Crippen molar-refractivity contribution in [3.63, 3.8) is 0 Å². The standard InChI is InChI=1S/C13H19Cl2NS/c1-13(2,3)17-8-9(16)7-10-11(14)5-4-6-12(10)15/h4-6,9H,7-8,16H2,1-3H3. The maximum absolute atomic E-state index is 6.12. The van der Waals surface area contributed by atoms with Gasteiger partial charge in [-0.2, -0.15) is 11.8 Å². The van der Waals surface area contributed by atoms with Crippen LogP contribution in [-0.2, 0) is 6.42 Å². The van der Waals surface area contributed by atoms with Gasteiger partial charge in [0.1, 0.15) is 0 Å². The molecular formula is C13H19Cl2NS. The molecule has 4 heteroatoms. The zero-order valence-electron chi connectivity index (χ0n) is 10.5. The number of benzene rings is 1. The average molecular weight is 292 g/mol. The first kappa shape index (κ1) is 15.2. The number of nitrogens with two attached hydrogens (primary N) is 1. The van der Waals surface area contributed by atoms with E-state index >= 15 is 0 Å². The number of hydrogen-bond acceptors (Lipinski definition) is 2. The fourth-order valence-electron chi connectivity index (χ4n) is 1.41. The third-order valence-corrected chi connectivity index (χ3v) is 4.43. The van der Waals surface area contributed by atoms with Crippen LogP contribution < -0.4 is 5.73 Å². The number of rotatable bonds is 4. The van der Waals surface area contributed by atoms with Gasteiger partial charge in [0.25, 0.3) is 0 Å². The summed E-state index contributed by atoms with van der Waals surface area (Å²) >= 11 is 14.1. The van der Waals surface area contributed by atoms with Gasteiger partial charge in [0.2, 0.25) is 0 Å². The lowest BCUT2D eigenvalue weighted by Gasteiger charge is -2.21. The van der Waals surface area contributed by atoms with E-state index in [9.17, 15) is 0 Å². The summed E-state index contributed by atoms with van der Waals surface area (Å²) in [4.78, 5) is 0. The normalized spacial score (nSPS) is 13.8. The van der Waals surface area contributed by atoms with E-state index in [2.05, 4.69) is 20.8 Å². The molecule has 0 saturated heterocycles. The van der Waals surface area contributed by atoms with E-state index in [1.54, 1.807) is 0 Å². The van der Waals surface area contributed by atoms with Crippen LogP contribution in [-0.4, -0.2) is 16.5 Å². The minimum atomic E-state index is 0.0802. The molecule has 0 aromatic heterocycles. The van der Waals surface area contributed by atoms with Gasteiger partial charge in [-0.15, -0.1) is 0 Å². The van der Waals surface area contributed by atoms with Crippen LogP contribution in [0.15, 0.2) is 18.2 Å². The first-order valence-electron chi connectivity index (χ1n) is 5.62. The molecule has 96 valence electrons. The summed E-state index contributed by atoms with van der Waals surface area (Å²) in [6.45, 7) is 6.56. The molecule has 0 bridgehead atoms. The van der Waals surface area contributed by atoms with Crippen molar-refractivity contribution in [2.75, 3.05) is 5.75 Å². The van der Waals surface area contributed by atoms with Gasteiger partial charge in [-0.1, -0.05) is 50.0 Å². The smallest absolute Gasteiger partial charge is 0.0453 e. The molecule has 0 heterocycles. The zero-order valence-corrected chi connectivity index (χ0v) is 12.8. The predicted molar refractivity (Wildman–Crippen MR) is 80.4 cm³/mol. The van der Waals surface area contributed by atoms with E-state index in [0.29, 0.717) is 10.0 Å². The predicted octanol–water partition coefficient (Wildman–Crippen LogP) is 4.39. The molecule has 0 fully saturated rings. The molecule has 1 aromatic carbocycles. The van der Waals surface area contributed by atoms with Crippen LogP contribution in [0.25, 0.3) is 0 Å². The molecule has 1 atom stereocenters. The summed E-state index contributed by atoms with van der Waals surface area (Å²) < 4.78 is 0.238. The molecule has 0 aliphatic rings. The molecule has 0 aliphatic heterocycles. The molecule has 1 nitrogen and oxygen atoms in total. The van der Waals surface area contributed by atoms with E-state index in [1.165, 1.54) is 0 Å². The van der Waals surface area contributed by atoms with Crippen molar-refractivity contribution in [2.45, 2.75) is 38.0 Å². The Balaban J connectivity index is 2.59.